The largest absolute Gasteiger partial charge is 0.478 e. The number of thioether (sulfide) groups is 2. The fourth-order valence-electron chi connectivity index (χ4n) is 14.1. The molecule has 1 aromatic heterocycles. The van der Waals surface area contributed by atoms with Crippen LogP contribution >= 0.6 is 34.9 Å². The SMILES string of the molecule is CC[C@H](C)[C@@H]([C@@H](CC(=O)N1CCC[C@H]1[C@H](OC)[C@@H](C)C(=O)N[C@@H](Cc1ccccc1)c1nccs1)OC)N(C)C(=O)[C@@H](NC(=O)[C@H](C(C)C)N(C)C(=O)OCc1ccc(NC(=O)[C@H](CCCNC(N)=O)CC(=O)[C@@H](NC(=O)[C@@H]2Cc3ccc(cc3)NC(=O)/C(=C\C(=O)O)SCSC3=CC(=O)N2C3=O)C(C)C)cc1)C(C)C. The number of anilines is 2. The Morgan fingerprint density at radius 2 is 1.47 bits per heavy atom. The first kappa shape index (κ1) is 88.7. The predicted molar refractivity (Wildman–Crippen MR) is 423 cm³/mol. The number of carbonyl (C=O) groups is 13. The molecule has 0 spiro atoms. The van der Waals surface area contributed by atoms with E-state index >= 15 is 0 Å². The molecule has 4 aliphatic heterocycles. The zero-order valence-electron chi connectivity index (χ0n) is 65.2. The number of primary amides is 1. The maximum Gasteiger partial charge on any atom is 0.410 e. The van der Waals surface area contributed by atoms with Crippen LogP contribution in [0.5, 0.6) is 0 Å². The molecule has 1 saturated heterocycles. The van der Waals surface area contributed by atoms with Crippen molar-refractivity contribution in [1.29, 1.82) is 0 Å². The van der Waals surface area contributed by atoms with Gasteiger partial charge in [-0.2, -0.15) is 0 Å². The van der Waals surface area contributed by atoms with Crippen LogP contribution in [0.15, 0.2) is 112 Å². The number of ketones is 1. The number of carboxylic acids is 1. The second-order valence-corrected chi connectivity index (χ2v) is 32.5. The van der Waals surface area contributed by atoms with Gasteiger partial charge in [-0.3, -0.25) is 57.7 Å². The summed E-state index contributed by atoms with van der Waals surface area (Å²) in [6.45, 7) is 16.4. The van der Waals surface area contributed by atoms with Crippen molar-refractivity contribution in [2.45, 2.75) is 181 Å². The fraction of sp³-hybridized carbons (Fsp3) is 0.519. The van der Waals surface area contributed by atoms with Crippen molar-refractivity contribution in [3.63, 3.8) is 0 Å². The summed E-state index contributed by atoms with van der Waals surface area (Å²) in [6.07, 6.45) is 3.20. The van der Waals surface area contributed by atoms with Gasteiger partial charge in [0.05, 0.1) is 58.5 Å². The van der Waals surface area contributed by atoms with Gasteiger partial charge in [0.2, 0.25) is 35.4 Å². The molecule has 8 rings (SSSR count). The number of urea groups is 1. The van der Waals surface area contributed by atoms with Crippen LogP contribution in [0.2, 0.25) is 0 Å². The zero-order chi connectivity index (χ0) is 81.5. The molecule has 602 valence electrons. The highest BCUT2D eigenvalue weighted by atomic mass is 32.2. The lowest BCUT2D eigenvalue weighted by molar-refractivity contribution is -0.148. The molecule has 4 aromatic rings. The molecule has 9 N–H and O–H groups in total. The highest BCUT2D eigenvalue weighted by Crippen LogP contribution is 2.35. The van der Waals surface area contributed by atoms with Crippen molar-refractivity contribution < 1.29 is 81.6 Å². The number of likely N-dealkylation sites (N-methyl/N-ethyl adjacent to an activating group) is 2. The Balaban J connectivity index is 0.966. The van der Waals surface area contributed by atoms with Crippen molar-refractivity contribution >= 4 is 123 Å². The lowest BCUT2D eigenvalue weighted by atomic mass is 9.89. The van der Waals surface area contributed by atoms with Gasteiger partial charge in [0.25, 0.3) is 17.7 Å². The number of methoxy groups -OCH3 is 2. The molecular weight excluding hydrogens is 1490 g/mol. The maximum atomic E-state index is 15.0. The Morgan fingerprint density at radius 3 is 2.07 bits per heavy atom. The first-order chi connectivity index (χ1) is 52.8. The Hall–Kier alpha value is -9.50. The number of imide groups is 1. The molecule has 29 nitrogen and oxygen atoms in total. The van der Waals surface area contributed by atoms with Gasteiger partial charge >= 0.3 is 18.1 Å². The van der Waals surface area contributed by atoms with Crippen LogP contribution < -0.4 is 37.6 Å². The van der Waals surface area contributed by atoms with Crippen molar-refractivity contribution in [3.8, 4) is 0 Å². The number of thiazole rings is 1. The summed E-state index contributed by atoms with van der Waals surface area (Å²) in [4.78, 5) is 189. The number of nitrogens with zero attached hydrogens (tertiary/aromatic N) is 5. The zero-order valence-corrected chi connectivity index (χ0v) is 67.6. The van der Waals surface area contributed by atoms with E-state index in [-0.39, 0.29) is 77.5 Å². The van der Waals surface area contributed by atoms with Crippen molar-refractivity contribution in [2.75, 3.05) is 57.1 Å². The highest BCUT2D eigenvalue weighted by molar-refractivity contribution is 8.20. The summed E-state index contributed by atoms with van der Waals surface area (Å²) in [6, 6.07) is 15.1. The Morgan fingerprint density at radius 1 is 0.784 bits per heavy atom. The number of hydrogen-bond acceptors (Lipinski definition) is 20. The average molecular weight is 1590 g/mol. The summed E-state index contributed by atoms with van der Waals surface area (Å²) in [5.41, 5.74) is 7.91. The van der Waals surface area contributed by atoms with Gasteiger partial charge < -0.3 is 66.8 Å². The van der Waals surface area contributed by atoms with E-state index in [1.165, 1.54) is 37.6 Å². The van der Waals surface area contributed by atoms with Crippen LogP contribution in [-0.2, 0) is 86.4 Å². The van der Waals surface area contributed by atoms with Crippen LogP contribution in [0.25, 0.3) is 0 Å². The number of amides is 12. The first-order valence-corrected chi connectivity index (χ1v) is 40.1. The van der Waals surface area contributed by atoms with Gasteiger partial charge in [0.15, 0.2) is 5.78 Å². The Labute approximate surface area is 660 Å². The van der Waals surface area contributed by atoms with Crippen LogP contribution in [0.3, 0.4) is 0 Å². The third kappa shape index (κ3) is 24.5. The number of aliphatic carboxylic acids is 1. The molecule has 4 bridgehead atoms. The molecule has 0 saturated carbocycles. The van der Waals surface area contributed by atoms with Gasteiger partial charge in [-0.1, -0.05) is 123 Å². The van der Waals surface area contributed by atoms with E-state index < -0.39 is 150 Å². The van der Waals surface area contributed by atoms with E-state index in [1.54, 1.807) is 108 Å². The van der Waals surface area contributed by atoms with E-state index in [4.69, 9.17) is 19.9 Å². The second-order valence-electron chi connectivity index (χ2n) is 29.2. The van der Waals surface area contributed by atoms with E-state index in [0.29, 0.717) is 54.7 Å². The highest BCUT2D eigenvalue weighted by Gasteiger charge is 2.46. The van der Waals surface area contributed by atoms with Gasteiger partial charge in [-0.15, -0.1) is 34.9 Å². The van der Waals surface area contributed by atoms with Crippen LogP contribution in [0.4, 0.5) is 21.0 Å². The Kier molecular flexibility index (Phi) is 33.7. The predicted octanol–water partition coefficient (Wildman–Crippen LogP) is 8.21. The van der Waals surface area contributed by atoms with Crippen molar-refractivity contribution in [3.05, 3.63) is 134 Å². The van der Waals surface area contributed by atoms with E-state index in [2.05, 4.69) is 36.9 Å². The van der Waals surface area contributed by atoms with Crippen molar-refractivity contribution in [1.82, 2.24) is 45.9 Å². The smallest absolute Gasteiger partial charge is 0.410 e. The molecule has 4 aliphatic rings. The normalized spacial score (nSPS) is 18.4. The topological polar surface area (TPSA) is 394 Å². The number of hydrogen-bond donors (Lipinski definition) is 8. The lowest BCUT2D eigenvalue weighted by Gasteiger charge is -2.41. The number of rotatable bonds is 36. The average Bonchev–Trinajstić information content (AvgIpc) is 1.70. The third-order valence-electron chi connectivity index (χ3n) is 20.3. The van der Waals surface area contributed by atoms with Gasteiger partial charge in [-0.25, -0.2) is 19.4 Å². The standard InChI is InChI=1S/C79H106N12O17S3/c1-14-47(8)68(59(106-12)39-62(93)90-34-19-23-56(90)69(107-13)48(9)70(97)85-55(75-81-33-35-109-75)36-49-20-16-15-17-21-49)88(10)77(103)66(45(4)5)87-74(101)67(46(6)7)89(11)79(105)108-42-51-26-30-53(31-27-51)83-71(98)52(22-18-32-82-78(80)104)38-58(92)65(44(2)3)86-72(99)57-37-50-24-28-54(29-25-50)84-73(100)60(41-64(95)96)110-43-111-61-40-63(94)91(57)76(61)102/h15-17,20-21,24-31,33,35,40-41,44-48,52,55-57,59,65-69H,14,18-19,22-23,32,34,36-39,42-43H2,1-13H3,(H,83,98)(H,84,100)(H,85,97)(H,86,99)(H,87,101)(H,95,96)(H3,80,82,104)/b60-41+/t47-,48+,52+,55-,56-,57-,59+,65-,66-,67-,68-,69+/m0/s1. The van der Waals surface area contributed by atoms with Crippen molar-refractivity contribution in [2.24, 2.45) is 41.2 Å². The minimum Gasteiger partial charge on any atom is -0.478 e. The molecule has 32 heteroatoms. The first-order valence-electron chi connectivity index (χ1n) is 37.3. The molecule has 0 radical (unpaired) electrons. The monoisotopic (exact) mass is 1590 g/mol. The molecule has 0 unspecified atom stereocenters. The molecule has 12 amide bonds. The van der Waals surface area contributed by atoms with E-state index in [1.807, 2.05) is 56.5 Å². The van der Waals surface area contributed by atoms with Gasteiger partial charge in [0.1, 0.15) is 29.7 Å². The fourth-order valence-corrected chi connectivity index (χ4v) is 16.8. The summed E-state index contributed by atoms with van der Waals surface area (Å²) < 4.78 is 18.0. The summed E-state index contributed by atoms with van der Waals surface area (Å²) in [5, 5.41) is 28.9. The summed E-state index contributed by atoms with van der Waals surface area (Å²) in [7, 11) is 6.11. The van der Waals surface area contributed by atoms with Gasteiger partial charge in [-0.05, 0) is 96.7 Å². The number of carbonyl (C=O) groups excluding carboxylic acids is 12. The third-order valence-corrected chi connectivity index (χ3v) is 23.3. The Bertz CT molecular complexity index is 3990. The van der Waals surface area contributed by atoms with Gasteiger partial charge in [0, 0.05) is 100 Å². The number of carboxylic acid groups (broad SMARTS) is 1. The maximum absolute atomic E-state index is 15.0. The number of nitrogens with two attached hydrogens (primary N) is 1. The quantitative estimate of drug-likeness (QED) is 0.0121. The van der Waals surface area contributed by atoms with Crippen LogP contribution in [0, 0.1) is 35.5 Å². The second kappa shape index (κ2) is 42.2. The molecule has 1 fully saturated rings. The molecule has 3 aromatic carbocycles. The number of likely N-dealkylation sites (tertiary alicyclic amines) is 1. The number of nitrogens with one attached hydrogen (secondary N) is 6. The number of aromatic nitrogens is 1. The van der Waals surface area contributed by atoms with Crippen LogP contribution in [-0.4, -0.2) is 202 Å². The minimum absolute atomic E-state index is 0.0549. The summed E-state index contributed by atoms with van der Waals surface area (Å²) in [5.74, 6) is -10.6. The number of ether oxygens (including phenoxy) is 3. The molecule has 111 heavy (non-hydrogen) atoms. The molecule has 0 aliphatic carbocycles. The molecule has 12 atom stereocenters. The van der Waals surface area contributed by atoms with Crippen LogP contribution in [0.1, 0.15) is 135 Å². The lowest BCUT2D eigenvalue weighted by Crippen LogP contribution is -2.60. The van der Waals surface area contributed by atoms with E-state index in [9.17, 15) is 67.4 Å². The molecule has 5 heterocycles. The number of fused-ring (bicyclic) bond motifs is 8. The minimum atomic E-state index is -1.48. The number of Topliss-reactive ketones (excluding diaryl/α,β-unsaturated/α-hetero) is 1. The van der Waals surface area contributed by atoms with E-state index in [0.717, 1.165) is 56.0 Å². The molecular formula is C79H106N12O17S3. The number of benzene rings is 3. The summed E-state index contributed by atoms with van der Waals surface area (Å²) >= 11 is 3.17.